The number of amides is 1. The van der Waals surface area contributed by atoms with Gasteiger partial charge in [0.15, 0.2) is 11.6 Å². The molecule has 4 nitrogen and oxygen atoms in total. The molecule has 0 atom stereocenters. The molecule has 1 aromatic carbocycles. The lowest BCUT2D eigenvalue weighted by Gasteiger charge is -2.07. The van der Waals surface area contributed by atoms with Crippen molar-refractivity contribution in [3.05, 3.63) is 59.7 Å². The Morgan fingerprint density at radius 3 is 2.60 bits per heavy atom. The molecular formula is C14H14ClFN2O2. The molecule has 20 heavy (non-hydrogen) atoms. The fourth-order valence-electron chi connectivity index (χ4n) is 1.61. The lowest BCUT2D eigenvalue weighted by Crippen LogP contribution is -2.22. The van der Waals surface area contributed by atoms with Gasteiger partial charge in [-0.15, -0.1) is 12.4 Å². The fourth-order valence-corrected chi connectivity index (χ4v) is 1.61. The van der Waals surface area contributed by atoms with Gasteiger partial charge in [0.1, 0.15) is 0 Å². The number of carbonyl (C=O) groups is 1. The Balaban J connectivity index is 0.00000200. The molecule has 0 aliphatic rings. The Morgan fingerprint density at radius 1 is 1.30 bits per heavy atom. The first-order valence-corrected chi connectivity index (χ1v) is 5.71. The maximum absolute atomic E-state index is 13.5. The van der Waals surface area contributed by atoms with E-state index in [-0.39, 0.29) is 30.6 Å². The average Bonchev–Trinajstić information content (AvgIpc) is 2.46. The standard InChI is InChI=1S/C14H13FN2O2.ClH/c1-19-13-3-2-10(8-12(13)15)9-17-14(18)11-4-6-16-7-5-11;/h2-8H,9H2,1H3,(H,17,18);1H. The number of carbonyl (C=O) groups excluding carboxylic acids is 1. The number of aromatic nitrogens is 1. The number of nitrogens with one attached hydrogen (secondary N) is 1. The minimum Gasteiger partial charge on any atom is -0.494 e. The van der Waals surface area contributed by atoms with Gasteiger partial charge in [-0.25, -0.2) is 4.39 Å². The second kappa shape index (κ2) is 7.45. The minimum absolute atomic E-state index is 0. The Morgan fingerprint density at radius 2 is 2.00 bits per heavy atom. The van der Waals surface area contributed by atoms with Crippen molar-refractivity contribution in [3.8, 4) is 5.75 Å². The summed E-state index contributed by atoms with van der Waals surface area (Å²) in [4.78, 5) is 15.6. The summed E-state index contributed by atoms with van der Waals surface area (Å²) in [5.74, 6) is -0.485. The quantitative estimate of drug-likeness (QED) is 0.943. The SMILES string of the molecule is COc1ccc(CNC(=O)c2ccncc2)cc1F.Cl. The lowest BCUT2D eigenvalue weighted by atomic mass is 10.2. The van der Waals surface area contributed by atoms with Crippen molar-refractivity contribution >= 4 is 18.3 Å². The average molecular weight is 297 g/mol. The predicted molar refractivity (Wildman–Crippen MR) is 75.6 cm³/mol. The molecule has 0 bridgehead atoms. The van der Waals surface area contributed by atoms with Gasteiger partial charge in [0.25, 0.3) is 5.91 Å². The van der Waals surface area contributed by atoms with E-state index in [9.17, 15) is 9.18 Å². The Kier molecular flexibility index (Phi) is 5.93. The Labute approximate surface area is 122 Å². The summed E-state index contributed by atoms with van der Waals surface area (Å²) < 4.78 is 18.3. The van der Waals surface area contributed by atoms with Crippen LogP contribution in [-0.2, 0) is 6.54 Å². The molecule has 2 aromatic rings. The highest BCUT2D eigenvalue weighted by molar-refractivity contribution is 5.93. The molecule has 0 radical (unpaired) electrons. The highest BCUT2D eigenvalue weighted by Gasteiger charge is 2.06. The van der Waals surface area contributed by atoms with Gasteiger partial charge >= 0.3 is 0 Å². The highest BCUT2D eigenvalue weighted by atomic mass is 35.5. The van der Waals surface area contributed by atoms with Crippen LogP contribution in [0.2, 0.25) is 0 Å². The van der Waals surface area contributed by atoms with Crippen LogP contribution in [-0.4, -0.2) is 18.0 Å². The number of rotatable bonds is 4. The number of halogens is 2. The van der Waals surface area contributed by atoms with E-state index in [1.807, 2.05) is 0 Å². The molecule has 0 unspecified atom stereocenters. The van der Waals surface area contributed by atoms with E-state index in [0.29, 0.717) is 11.1 Å². The van der Waals surface area contributed by atoms with Crippen LogP contribution in [0.5, 0.6) is 5.75 Å². The van der Waals surface area contributed by atoms with Crippen molar-refractivity contribution in [2.45, 2.75) is 6.54 Å². The molecule has 1 amide bonds. The largest absolute Gasteiger partial charge is 0.494 e. The van der Waals surface area contributed by atoms with Crippen LogP contribution in [0.25, 0.3) is 0 Å². The summed E-state index contributed by atoms with van der Waals surface area (Å²) in [5.41, 5.74) is 1.18. The molecule has 0 saturated heterocycles. The molecule has 1 heterocycles. The van der Waals surface area contributed by atoms with Crippen molar-refractivity contribution in [2.24, 2.45) is 0 Å². The molecule has 0 aliphatic heterocycles. The molecule has 1 aromatic heterocycles. The first-order chi connectivity index (χ1) is 9.20. The van der Waals surface area contributed by atoms with Gasteiger partial charge in [0.05, 0.1) is 7.11 Å². The predicted octanol–water partition coefficient (Wildman–Crippen LogP) is 2.58. The number of methoxy groups -OCH3 is 1. The smallest absolute Gasteiger partial charge is 0.251 e. The first-order valence-electron chi connectivity index (χ1n) is 5.71. The number of hydrogen-bond acceptors (Lipinski definition) is 3. The van der Waals surface area contributed by atoms with Gasteiger partial charge in [0.2, 0.25) is 0 Å². The zero-order valence-electron chi connectivity index (χ0n) is 10.8. The monoisotopic (exact) mass is 296 g/mol. The molecule has 106 valence electrons. The van der Waals surface area contributed by atoms with E-state index in [4.69, 9.17) is 4.74 Å². The molecule has 1 N–H and O–H groups in total. The van der Waals surface area contributed by atoms with Crippen LogP contribution in [0.1, 0.15) is 15.9 Å². The van der Waals surface area contributed by atoms with Crippen LogP contribution < -0.4 is 10.1 Å². The second-order valence-electron chi connectivity index (χ2n) is 3.89. The zero-order chi connectivity index (χ0) is 13.7. The Bertz CT molecular complexity index is 579. The second-order valence-corrected chi connectivity index (χ2v) is 3.89. The number of benzene rings is 1. The van der Waals surface area contributed by atoms with Crippen LogP contribution in [0.15, 0.2) is 42.7 Å². The van der Waals surface area contributed by atoms with Crippen LogP contribution in [0.4, 0.5) is 4.39 Å². The fraction of sp³-hybridized carbons (Fsp3) is 0.143. The zero-order valence-corrected chi connectivity index (χ0v) is 11.6. The molecular weight excluding hydrogens is 283 g/mol. The molecule has 0 saturated carbocycles. The topological polar surface area (TPSA) is 51.2 Å². The third-order valence-electron chi connectivity index (χ3n) is 2.61. The molecule has 0 fully saturated rings. The van der Waals surface area contributed by atoms with E-state index < -0.39 is 5.82 Å². The molecule has 0 aliphatic carbocycles. The summed E-state index contributed by atoms with van der Waals surface area (Å²) in [7, 11) is 1.41. The molecule has 2 rings (SSSR count). The third kappa shape index (κ3) is 3.93. The van der Waals surface area contributed by atoms with Gasteiger partial charge in [-0.2, -0.15) is 0 Å². The van der Waals surface area contributed by atoms with Crippen molar-refractivity contribution in [3.63, 3.8) is 0 Å². The van der Waals surface area contributed by atoms with Crippen molar-refractivity contribution < 1.29 is 13.9 Å². The minimum atomic E-state index is -0.446. The molecule has 6 heteroatoms. The normalized spacial score (nSPS) is 9.50. The van der Waals surface area contributed by atoms with Gasteiger partial charge in [-0.3, -0.25) is 9.78 Å². The lowest BCUT2D eigenvalue weighted by molar-refractivity contribution is 0.0950. The van der Waals surface area contributed by atoms with Gasteiger partial charge in [-0.1, -0.05) is 6.07 Å². The summed E-state index contributed by atoms with van der Waals surface area (Å²) in [6.07, 6.45) is 3.09. The number of nitrogens with zero attached hydrogens (tertiary/aromatic N) is 1. The summed E-state index contributed by atoms with van der Waals surface area (Å²) in [6.45, 7) is 0.252. The van der Waals surface area contributed by atoms with Crippen molar-refractivity contribution in [1.29, 1.82) is 0 Å². The van der Waals surface area contributed by atoms with Crippen LogP contribution in [0.3, 0.4) is 0 Å². The maximum Gasteiger partial charge on any atom is 0.251 e. The number of ether oxygens (including phenoxy) is 1. The van der Waals surface area contributed by atoms with Gasteiger partial charge in [-0.05, 0) is 29.8 Å². The first kappa shape index (κ1) is 15.9. The number of hydrogen-bond donors (Lipinski definition) is 1. The summed E-state index contributed by atoms with van der Waals surface area (Å²) >= 11 is 0. The van der Waals surface area contributed by atoms with Gasteiger partial charge in [0, 0.05) is 24.5 Å². The van der Waals surface area contributed by atoms with E-state index >= 15 is 0 Å². The highest BCUT2D eigenvalue weighted by Crippen LogP contribution is 2.17. The molecule has 0 spiro atoms. The summed E-state index contributed by atoms with van der Waals surface area (Å²) in [5, 5.41) is 2.71. The van der Waals surface area contributed by atoms with Crippen molar-refractivity contribution in [2.75, 3.05) is 7.11 Å². The van der Waals surface area contributed by atoms with E-state index in [1.165, 1.54) is 19.2 Å². The summed E-state index contributed by atoms with van der Waals surface area (Å²) in [6, 6.07) is 7.80. The number of pyridine rings is 1. The Hall–Kier alpha value is -2.14. The maximum atomic E-state index is 13.5. The third-order valence-corrected chi connectivity index (χ3v) is 2.61. The van der Waals surface area contributed by atoms with Crippen molar-refractivity contribution in [1.82, 2.24) is 10.3 Å². The van der Waals surface area contributed by atoms with E-state index in [1.54, 1.807) is 30.6 Å². The van der Waals surface area contributed by atoms with Crippen LogP contribution in [0, 0.1) is 5.82 Å². The van der Waals surface area contributed by atoms with Gasteiger partial charge < -0.3 is 10.1 Å². The van der Waals surface area contributed by atoms with E-state index in [0.717, 1.165) is 0 Å². The van der Waals surface area contributed by atoms with E-state index in [2.05, 4.69) is 10.3 Å². The van der Waals surface area contributed by atoms with Crippen LogP contribution >= 0.6 is 12.4 Å².